The monoisotopic (exact) mass is 289 g/mol. The zero-order valence-electron chi connectivity index (χ0n) is 13.6. The molecule has 1 aliphatic rings. The molecule has 1 aliphatic heterocycles. The van der Waals surface area contributed by atoms with Crippen LogP contribution >= 0.6 is 0 Å². The number of anilines is 1. The molecule has 21 heavy (non-hydrogen) atoms. The van der Waals surface area contributed by atoms with Crippen LogP contribution in [0.1, 0.15) is 56.6 Å². The van der Waals surface area contributed by atoms with Gasteiger partial charge in [0, 0.05) is 24.3 Å². The van der Waals surface area contributed by atoms with E-state index in [1.165, 1.54) is 0 Å². The van der Waals surface area contributed by atoms with Gasteiger partial charge >= 0.3 is 0 Å². The van der Waals surface area contributed by atoms with E-state index >= 15 is 0 Å². The summed E-state index contributed by atoms with van der Waals surface area (Å²) in [6.45, 7) is 10.5. The summed E-state index contributed by atoms with van der Waals surface area (Å²) < 4.78 is 0. The molecule has 2 rings (SSSR count). The number of nitrogens with zero attached hydrogens (tertiary/aromatic N) is 2. The predicted octanol–water partition coefficient (Wildman–Crippen LogP) is 3.12. The zero-order valence-corrected chi connectivity index (χ0v) is 13.6. The first-order valence-corrected chi connectivity index (χ1v) is 7.87. The molecule has 2 N–H and O–H groups in total. The Hall–Kier alpha value is -1.58. The van der Waals surface area contributed by atoms with Gasteiger partial charge in [0.25, 0.3) is 5.91 Å². The molecule has 0 aromatic carbocycles. The smallest absolute Gasteiger partial charge is 0.254 e. The van der Waals surface area contributed by atoms with Crippen LogP contribution in [0, 0.1) is 11.3 Å². The van der Waals surface area contributed by atoms with Crippen molar-refractivity contribution in [2.75, 3.05) is 18.8 Å². The van der Waals surface area contributed by atoms with Crippen LogP contribution in [0.2, 0.25) is 0 Å². The Morgan fingerprint density at radius 3 is 2.48 bits per heavy atom. The molecule has 116 valence electrons. The lowest BCUT2D eigenvalue weighted by Gasteiger charge is -2.38. The van der Waals surface area contributed by atoms with Crippen molar-refractivity contribution in [1.82, 2.24) is 9.88 Å². The molecule has 1 fully saturated rings. The van der Waals surface area contributed by atoms with Crippen LogP contribution in [0.15, 0.2) is 12.1 Å². The van der Waals surface area contributed by atoms with Gasteiger partial charge in [0.1, 0.15) is 5.82 Å². The van der Waals surface area contributed by atoms with Crippen LogP contribution in [0.4, 0.5) is 5.82 Å². The van der Waals surface area contributed by atoms with Gasteiger partial charge in [-0.05, 0) is 42.7 Å². The maximum absolute atomic E-state index is 12.6. The number of nitrogen functional groups attached to an aromatic ring is 1. The SMILES string of the molecule is CCc1cc(C(=O)N2CCC(C(C)(C)C)CC2)cc(N)n1. The number of pyridine rings is 1. The third kappa shape index (κ3) is 3.74. The summed E-state index contributed by atoms with van der Waals surface area (Å²) in [5, 5.41) is 0. The number of hydrogen-bond acceptors (Lipinski definition) is 3. The molecule has 1 aromatic heterocycles. The molecule has 4 heteroatoms. The second-order valence-electron chi connectivity index (χ2n) is 7.06. The Labute approximate surface area is 127 Å². The van der Waals surface area contributed by atoms with Crippen molar-refractivity contribution in [3.63, 3.8) is 0 Å². The Kier molecular flexibility index (Phi) is 4.55. The lowest BCUT2D eigenvalue weighted by atomic mass is 9.75. The first-order chi connectivity index (χ1) is 9.81. The molecular formula is C17H27N3O. The second kappa shape index (κ2) is 6.04. The number of likely N-dealkylation sites (tertiary alicyclic amines) is 1. The van der Waals surface area contributed by atoms with E-state index in [9.17, 15) is 4.79 Å². The number of aromatic nitrogens is 1. The molecule has 0 atom stereocenters. The Morgan fingerprint density at radius 2 is 1.95 bits per heavy atom. The number of carbonyl (C=O) groups is 1. The minimum atomic E-state index is 0.0890. The number of nitrogens with two attached hydrogens (primary N) is 1. The Bertz CT molecular complexity index is 511. The highest BCUT2D eigenvalue weighted by Gasteiger charge is 2.30. The molecule has 1 saturated heterocycles. The van der Waals surface area contributed by atoms with Crippen molar-refractivity contribution in [3.8, 4) is 0 Å². The first-order valence-electron chi connectivity index (χ1n) is 7.87. The van der Waals surface area contributed by atoms with E-state index in [0.717, 1.165) is 38.0 Å². The maximum atomic E-state index is 12.6. The van der Waals surface area contributed by atoms with Crippen LogP contribution in [0.3, 0.4) is 0 Å². The molecule has 0 radical (unpaired) electrons. The van der Waals surface area contributed by atoms with Crippen molar-refractivity contribution in [2.24, 2.45) is 11.3 Å². The number of piperidine rings is 1. The van der Waals surface area contributed by atoms with E-state index < -0.39 is 0 Å². The maximum Gasteiger partial charge on any atom is 0.254 e. The summed E-state index contributed by atoms with van der Waals surface area (Å²) >= 11 is 0. The second-order valence-corrected chi connectivity index (χ2v) is 7.06. The standard InChI is InChI=1S/C17H27N3O/c1-5-14-10-12(11-15(18)19-14)16(21)20-8-6-13(7-9-20)17(2,3)4/h10-11,13H,5-9H2,1-4H3,(H2,18,19). The van der Waals surface area contributed by atoms with Gasteiger partial charge in [-0.1, -0.05) is 27.7 Å². The molecule has 0 saturated carbocycles. The molecule has 0 bridgehead atoms. The summed E-state index contributed by atoms with van der Waals surface area (Å²) in [6, 6.07) is 3.56. The van der Waals surface area contributed by atoms with E-state index in [1.54, 1.807) is 6.07 Å². The summed E-state index contributed by atoms with van der Waals surface area (Å²) in [5.74, 6) is 1.21. The molecule has 1 aromatic rings. The number of amides is 1. The molecule has 1 amide bonds. The molecule has 2 heterocycles. The van der Waals surface area contributed by atoms with E-state index in [2.05, 4.69) is 25.8 Å². The highest BCUT2D eigenvalue weighted by atomic mass is 16.2. The largest absolute Gasteiger partial charge is 0.384 e. The molecule has 0 aliphatic carbocycles. The van der Waals surface area contributed by atoms with Crippen LogP contribution in [0.25, 0.3) is 0 Å². The summed E-state index contributed by atoms with van der Waals surface area (Å²) in [4.78, 5) is 18.8. The van der Waals surface area contributed by atoms with Gasteiger partial charge < -0.3 is 10.6 Å². The van der Waals surface area contributed by atoms with Gasteiger partial charge in [-0.3, -0.25) is 4.79 Å². The first kappa shape index (κ1) is 15.8. The molecule has 0 unspecified atom stereocenters. The van der Waals surface area contributed by atoms with Crippen molar-refractivity contribution in [2.45, 2.75) is 47.0 Å². The van der Waals surface area contributed by atoms with Crippen LogP contribution < -0.4 is 5.73 Å². The van der Waals surface area contributed by atoms with Crippen molar-refractivity contribution in [1.29, 1.82) is 0 Å². The van der Waals surface area contributed by atoms with E-state index in [-0.39, 0.29) is 5.91 Å². The van der Waals surface area contributed by atoms with Crippen molar-refractivity contribution >= 4 is 11.7 Å². The predicted molar refractivity (Wildman–Crippen MR) is 86.1 cm³/mol. The van der Waals surface area contributed by atoms with Gasteiger partial charge in [0.05, 0.1) is 0 Å². The topological polar surface area (TPSA) is 59.2 Å². The Morgan fingerprint density at radius 1 is 1.33 bits per heavy atom. The third-order valence-corrected chi connectivity index (χ3v) is 4.51. The normalized spacial score (nSPS) is 17.0. The van der Waals surface area contributed by atoms with E-state index in [0.29, 0.717) is 22.7 Å². The minimum Gasteiger partial charge on any atom is -0.384 e. The Balaban J connectivity index is 2.07. The zero-order chi connectivity index (χ0) is 15.6. The van der Waals surface area contributed by atoms with Crippen LogP contribution in [-0.2, 0) is 6.42 Å². The number of carbonyl (C=O) groups excluding carboxylic acids is 1. The number of aryl methyl sites for hydroxylation is 1. The quantitative estimate of drug-likeness (QED) is 0.910. The fraction of sp³-hybridized carbons (Fsp3) is 0.647. The van der Waals surface area contributed by atoms with Gasteiger partial charge in [-0.25, -0.2) is 4.98 Å². The average Bonchev–Trinajstić information content (AvgIpc) is 2.45. The fourth-order valence-corrected chi connectivity index (χ4v) is 3.05. The van der Waals surface area contributed by atoms with Gasteiger partial charge in [-0.2, -0.15) is 0 Å². The number of hydrogen-bond donors (Lipinski definition) is 1. The number of rotatable bonds is 2. The minimum absolute atomic E-state index is 0.0890. The highest BCUT2D eigenvalue weighted by Crippen LogP contribution is 2.34. The van der Waals surface area contributed by atoms with E-state index in [1.807, 2.05) is 17.9 Å². The van der Waals surface area contributed by atoms with Gasteiger partial charge in [0.2, 0.25) is 0 Å². The lowest BCUT2D eigenvalue weighted by molar-refractivity contribution is 0.0608. The van der Waals surface area contributed by atoms with Crippen LogP contribution in [0.5, 0.6) is 0 Å². The highest BCUT2D eigenvalue weighted by molar-refractivity contribution is 5.95. The van der Waals surface area contributed by atoms with Gasteiger partial charge in [-0.15, -0.1) is 0 Å². The molecule has 4 nitrogen and oxygen atoms in total. The summed E-state index contributed by atoms with van der Waals surface area (Å²) in [5.41, 5.74) is 7.68. The lowest BCUT2D eigenvalue weighted by Crippen LogP contribution is -2.41. The van der Waals surface area contributed by atoms with Crippen molar-refractivity contribution < 1.29 is 4.79 Å². The molecular weight excluding hydrogens is 262 g/mol. The van der Waals surface area contributed by atoms with Crippen LogP contribution in [-0.4, -0.2) is 28.9 Å². The van der Waals surface area contributed by atoms with E-state index in [4.69, 9.17) is 5.73 Å². The third-order valence-electron chi connectivity index (χ3n) is 4.51. The molecule has 0 spiro atoms. The van der Waals surface area contributed by atoms with Gasteiger partial charge in [0.15, 0.2) is 0 Å². The summed E-state index contributed by atoms with van der Waals surface area (Å²) in [7, 11) is 0. The fourth-order valence-electron chi connectivity index (χ4n) is 3.05. The summed E-state index contributed by atoms with van der Waals surface area (Å²) in [6.07, 6.45) is 2.95. The average molecular weight is 289 g/mol. The van der Waals surface area contributed by atoms with Crippen molar-refractivity contribution in [3.05, 3.63) is 23.4 Å².